The Hall–Kier alpha value is -1.39. The minimum Gasteiger partial charge on any atom is -0.466 e. The number of aliphatic hydroxyl groups is 5. The zero-order valence-corrected chi connectivity index (χ0v) is 26.1. The number of carbonyl (C=O) groups excluding carboxylic acids is 1. The Labute approximate surface area is 262 Å². The van der Waals surface area contributed by atoms with Crippen LogP contribution in [-0.4, -0.2) is 142 Å². The van der Waals surface area contributed by atoms with E-state index in [0.717, 1.165) is 0 Å². The lowest BCUT2D eigenvalue weighted by Gasteiger charge is -2.52. The van der Waals surface area contributed by atoms with Crippen molar-refractivity contribution in [3.8, 4) is 0 Å². The van der Waals surface area contributed by atoms with E-state index < -0.39 is 102 Å². The Morgan fingerprint density at radius 2 is 1.78 bits per heavy atom. The molecule has 4 rings (SSSR count). The Bertz CT molecular complexity index is 1080. The molecule has 4 aliphatic rings. The van der Waals surface area contributed by atoms with Crippen LogP contribution in [0.3, 0.4) is 0 Å². The Morgan fingerprint density at radius 1 is 1.11 bits per heavy atom. The summed E-state index contributed by atoms with van der Waals surface area (Å²) in [6, 6.07) is -3.30. The lowest BCUT2D eigenvalue weighted by molar-refractivity contribution is -0.308. The minimum atomic E-state index is -2.09. The summed E-state index contributed by atoms with van der Waals surface area (Å²) in [5, 5.41) is 56.9. The average Bonchev–Trinajstić information content (AvgIpc) is 3.25. The van der Waals surface area contributed by atoms with Gasteiger partial charge in [-0.25, -0.2) is 0 Å². The first kappa shape index (κ1) is 36.4. The SMILES string of the molecule is CN[C@@H]1[C@@H](O)[C@@H](O[C@@H]2[C@@H](O)[C@H](O[C@H]3OC(C(N)[C@@H]4CC(O)C(C)(N)C4)=CC[C@H]3N)[C@@H](N)C[C@]2(N)C(=O)[C@@H](O)CN)OC[C@]1(C)O. The standard InChI is InChI=1S/C28H53N7O10/c1-26(33)7-11(6-16(26)37)17(32)15-5-4-12(30)24(43-15)44-20-13(31)8-28(34,22(40)14(36)9-29)23(18(20)38)45-25-19(39)21(35-3)27(2,41)10-42-25/h5,11-14,16-21,23-25,35-39,41H,4,6-10,29-34H2,1-3H3/t11-,12-,13+,14+,16?,17?,18+,19-,20-,21-,23-,24-,25-,26?,27+,28+/m1/s1. The first-order valence-corrected chi connectivity index (χ1v) is 15.4. The third kappa shape index (κ3) is 7.08. The van der Waals surface area contributed by atoms with Crippen LogP contribution in [0, 0.1) is 5.92 Å². The average molecular weight is 648 g/mol. The second-order valence-corrected chi connectivity index (χ2v) is 13.7. The van der Waals surface area contributed by atoms with Gasteiger partial charge in [-0.15, -0.1) is 0 Å². The van der Waals surface area contributed by atoms with Gasteiger partial charge in [-0.3, -0.25) is 4.79 Å². The molecule has 3 fully saturated rings. The maximum atomic E-state index is 13.4. The van der Waals surface area contributed by atoms with Crippen molar-refractivity contribution in [2.45, 2.75) is 130 Å². The Balaban J connectivity index is 1.56. The van der Waals surface area contributed by atoms with E-state index in [2.05, 4.69) is 5.32 Å². The van der Waals surface area contributed by atoms with Crippen LogP contribution in [0.15, 0.2) is 11.8 Å². The number of carbonyl (C=O) groups is 1. The number of nitrogens with one attached hydrogen (secondary N) is 1. The van der Waals surface area contributed by atoms with Gasteiger partial charge in [-0.05, 0) is 58.6 Å². The lowest BCUT2D eigenvalue weighted by atomic mass is 9.70. The zero-order valence-electron chi connectivity index (χ0n) is 26.1. The first-order chi connectivity index (χ1) is 20.9. The highest BCUT2D eigenvalue weighted by Crippen LogP contribution is 2.39. The number of nitrogens with two attached hydrogens (primary N) is 6. The summed E-state index contributed by atoms with van der Waals surface area (Å²) in [4.78, 5) is 13.4. The largest absolute Gasteiger partial charge is 0.466 e. The molecule has 0 spiro atoms. The number of Topliss-reactive ketones (excluding diaryl/α,β-unsaturated/α-hetero) is 1. The van der Waals surface area contributed by atoms with Gasteiger partial charge in [0.1, 0.15) is 47.4 Å². The van der Waals surface area contributed by atoms with Crippen molar-refractivity contribution in [3.05, 3.63) is 11.8 Å². The van der Waals surface area contributed by atoms with Crippen molar-refractivity contribution in [2.24, 2.45) is 40.3 Å². The molecule has 2 heterocycles. The number of ketones is 1. The second-order valence-electron chi connectivity index (χ2n) is 13.7. The smallest absolute Gasteiger partial charge is 0.215 e. The second kappa shape index (κ2) is 13.6. The summed E-state index contributed by atoms with van der Waals surface area (Å²) in [5.41, 5.74) is 33.3. The molecule has 0 radical (unpaired) electrons. The van der Waals surface area contributed by atoms with E-state index >= 15 is 0 Å². The van der Waals surface area contributed by atoms with Gasteiger partial charge in [0, 0.05) is 18.1 Å². The molecule has 1 saturated heterocycles. The van der Waals surface area contributed by atoms with Crippen molar-refractivity contribution in [1.82, 2.24) is 5.32 Å². The zero-order chi connectivity index (χ0) is 33.6. The van der Waals surface area contributed by atoms with Crippen molar-refractivity contribution in [1.29, 1.82) is 0 Å². The first-order valence-electron chi connectivity index (χ1n) is 15.4. The van der Waals surface area contributed by atoms with Gasteiger partial charge in [0.05, 0.1) is 30.8 Å². The molecule has 17 nitrogen and oxygen atoms in total. The van der Waals surface area contributed by atoms with Crippen LogP contribution in [0.5, 0.6) is 0 Å². The topological polar surface area (TPSA) is 323 Å². The molecule has 2 aliphatic heterocycles. The molecule has 0 aromatic carbocycles. The molecular weight excluding hydrogens is 594 g/mol. The summed E-state index contributed by atoms with van der Waals surface area (Å²) >= 11 is 0. The molecule has 260 valence electrons. The van der Waals surface area contributed by atoms with Crippen molar-refractivity contribution in [3.63, 3.8) is 0 Å². The molecule has 0 aromatic rings. The maximum absolute atomic E-state index is 13.4. The van der Waals surface area contributed by atoms with Crippen LogP contribution in [0.2, 0.25) is 0 Å². The molecule has 17 heteroatoms. The van der Waals surface area contributed by atoms with Gasteiger partial charge < -0.3 is 84.2 Å². The van der Waals surface area contributed by atoms with Crippen molar-refractivity contribution >= 4 is 5.78 Å². The third-order valence-electron chi connectivity index (χ3n) is 9.87. The summed E-state index contributed by atoms with van der Waals surface area (Å²) < 4.78 is 23.9. The van der Waals surface area contributed by atoms with E-state index in [1.807, 2.05) is 0 Å². The fourth-order valence-corrected chi connectivity index (χ4v) is 7.08. The molecule has 0 bridgehead atoms. The molecule has 45 heavy (non-hydrogen) atoms. The van der Waals surface area contributed by atoms with Crippen LogP contribution < -0.4 is 39.7 Å². The molecule has 18 N–H and O–H groups in total. The van der Waals surface area contributed by atoms with Crippen LogP contribution >= 0.6 is 0 Å². The lowest BCUT2D eigenvalue weighted by Crippen LogP contribution is -2.76. The van der Waals surface area contributed by atoms with Crippen LogP contribution in [0.25, 0.3) is 0 Å². The summed E-state index contributed by atoms with van der Waals surface area (Å²) in [7, 11) is 1.53. The molecule has 0 aromatic heterocycles. The quantitative estimate of drug-likeness (QED) is 0.105. The van der Waals surface area contributed by atoms with Gasteiger partial charge >= 0.3 is 0 Å². The van der Waals surface area contributed by atoms with E-state index in [1.165, 1.54) is 14.0 Å². The van der Waals surface area contributed by atoms with E-state index in [1.54, 1.807) is 13.0 Å². The number of ether oxygens (including phenoxy) is 4. The number of hydrogen-bond acceptors (Lipinski definition) is 17. The van der Waals surface area contributed by atoms with E-state index in [-0.39, 0.29) is 18.9 Å². The molecule has 16 atom stereocenters. The number of likely N-dealkylation sites (N-methyl/N-ethyl adjacent to an activating group) is 1. The highest BCUT2D eigenvalue weighted by Gasteiger charge is 2.59. The fourth-order valence-electron chi connectivity index (χ4n) is 7.08. The van der Waals surface area contributed by atoms with E-state index in [4.69, 9.17) is 53.3 Å². The maximum Gasteiger partial charge on any atom is 0.215 e. The van der Waals surface area contributed by atoms with Gasteiger partial charge in [-0.2, -0.15) is 0 Å². The van der Waals surface area contributed by atoms with Gasteiger partial charge in [0.25, 0.3) is 0 Å². The molecule has 3 unspecified atom stereocenters. The number of aliphatic hydroxyl groups excluding tert-OH is 4. The summed E-state index contributed by atoms with van der Waals surface area (Å²) in [5.74, 6) is -0.710. The van der Waals surface area contributed by atoms with E-state index in [0.29, 0.717) is 25.0 Å². The minimum absolute atomic E-state index is 0.168. The third-order valence-corrected chi connectivity index (χ3v) is 9.87. The van der Waals surface area contributed by atoms with Crippen LogP contribution in [0.4, 0.5) is 0 Å². The molecule has 0 amide bonds. The van der Waals surface area contributed by atoms with E-state index in [9.17, 15) is 30.3 Å². The predicted molar refractivity (Wildman–Crippen MR) is 159 cm³/mol. The molecule has 2 aliphatic carbocycles. The van der Waals surface area contributed by atoms with Crippen molar-refractivity contribution < 1.29 is 49.3 Å². The Kier molecular flexibility index (Phi) is 11.0. The van der Waals surface area contributed by atoms with Crippen LogP contribution in [-0.2, 0) is 23.7 Å². The highest BCUT2D eigenvalue weighted by atomic mass is 16.7. The normalized spacial score (nSPS) is 48.8. The summed E-state index contributed by atoms with van der Waals surface area (Å²) in [6.45, 7) is 2.51. The number of hydrogen-bond donors (Lipinski definition) is 12. The molecular formula is C28H53N7O10. The highest BCUT2D eigenvalue weighted by molar-refractivity contribution is 5.93. The van der Waals surface area contributed by atoms with Gasteiger partial charge in [0.2, 0.25) is 6.29 Å². The monoisotopic (exact) mass is 647 g/mol. The van der Waals surface area contributed by atoms with Gasteiger partial charge in [0.15, 0.2) is 12.1 Å². The number of rotatable bonds is 10. The van der Waals surface area contributed by atoms with Crippen molar-refractivity contribution in [2.75, 3.05) is 20.2 Å². The summed E-state index contributed by atoms with van der Waals surface area (Å²) in [6.07, 6.45) is -8.49. The van der Waals surface area contributed by atoms with Crippen LogP contribution in [0.1, 0.15) is 39.5 Å². The molecule has 2 saturated carbocycles. The predicted octanol–water partition coefficient (Wildman–Crippen LogP) is -5.74. The Morgan fingerprint density at radius 3 is 2.36 bits per heavy atom. The fraction of sp³-hybridized carbons (Fsp3) is 0.893. The van der Waals surface area contributed by atoms with Gasteiger partial charge in [-0.1, -0.05) is 0 Å².